The SMILES string of the molecule is O=C1CCCc2sc(-c3cccc4cccnc34)nc21. The number of nitrogens with zero attached hydrogens (tertiary/aromatic N) is 2. The first-order chi connectivity index (χ1) is 9.83. The number of aromatic nitrogens is 2. The summed E-state index contributed by atoms with van der Waals surface area (Å²) in [6.07, 6.45) is 4.34. The minimum absolute atomic E-state index is 0.182. The summed E-state index contributed by atoms with van der Waals surface area (Å²) in [5, 5.41) is 2.01. The van der Waals surface area contributed by atoms with Crippen molar-refractivity contribution in [1.29, 1.82) is 0 Å². The number of benzene rings is 1. The number of aryl methyl sites for hydroxylation is 1. The van der Waals surface area contributed by atoms with Crippen LogP contribution in [0.25, 0.3) is 21.5 Å². The second-order valence-corrected chi connectivity index (χ2v) is 6.03. The second kappa shape index (κ2) is 4.49. The molecule has 1 aromatic carbocycles. The van der Waals surface area contributed by atoms with Gasteiger partial charge in [0.25, 0.3) is 0 Å². The third kappa shape index (κ3) is 1.76. The molecule has 0 saturated heterocycles. The summed E-state index contributed by atoms with van der Waals surface area (Å²) < 4.78 is 0. The molecule has 0 radical (unpaired) electrons. The maximum Gasteiger partial charge on any atom is 0.182 e. The van der Waals surface area contributed by atoms with Crippen LogP contribution in [-0.2, 0) is 6.42 Å². The van der Waals surface area contributed by atoms with E-state index in [1.165, 1.54) is 0 Å². The number of carbonyl (C=O) groups is 1. The number of para-hydroxylation sites is 1. The van der Waals surface area contributed by atoms with E-state index in [9.17, 15) is 4.79 Å². The highest BCUT2D eigenvalue weighted by Gasteiger charge is 2.23. The lowest BCUT2D eigenvalue weighted by Gasteiger charge is -2.06. The van der Waals surface area contributed by atoms with Gasteiger partial charge >= 0.3 is 0 Å². The van der Waals surface area contributed by atoms with Gasteiger partial charge in [0.1, 0.15) is 10.7 Å². The molecule has 0 N–H and O–H groups in total. The first kappa shape index (κ1) is 11.7. The summed E-state index contributed by atoms with van der Waals surface area (Å²) in [6, 6.07) is 10.1. The quantitative estimate of drug-likeness (QED) is 0.679. The summed E-state index contributed by atoms with van der Waals surface area (Å²) in [5.74, 6) is 0.182. The maximum atomic E-state index is 11.9. The molecule has 3 aromatic rings. The molecule has 4 heteroatoms. The number of fused-ring (bicyclic) bond motifs is 2. The Hall–Kier alpha value is -2.07. The molecule has 0 unspecified atom stereocenters. The highest BCUT2D eigenvalue weighted by Crippen LogP contribution is 2.35. The Morgan fingerprint density at radius 1 is 1.10 bits per heavy atom. The molecular weight excluding hydrogens is 268 g/mol. The molecule has 0 amide bonds. The summed E-state index contributed by atoms with van der Waals surface area (Å²) in [4.78, 5) is 22.1. The van der Waals surface area contributed by atoms with Gasteiger partial charge in [-0.2, -0.15) is 0 Å². The van der Waals surface area contributed by atoms with Crippen LogP contribution in [-0.4, -0.2) is 15.8 Å². The van der Waals surface area contributed by atoms with Crippen LogP contribution in [0.5, 0.6) is 0 Å². The Balaban J connectivity index is 1.94. The molecule has 2 heterocycles. The van der Waals surface area contributed by atoms with Crippen LogP contribution in [0.15, 0.2) is 36.5 Å². The zero-order valence-corrected chi connectivity index (χ0v) is 11.6. The van der Waals surface area contributed by atoms with Gasteiger partial charge in [0.05, 0.1) is 5.52 Å². The topological polar surface area (TPSA) is 42.9 Å². The van der Waals surface area contributed by atoms with Crippen LogP contribution in [0.1, 0.15) is 28.2 Å². The van der Waals surface area contributed by atoms with Gasteiger partial charge in [-0.1, -0.05) is 18.2 Å². The summed E-state index contributed by atoms with van der Waals surface area (Å²) in [6.45, 7) is 0. The number of hydrogen-bond donors (Lipinski definition) is 0. The van der Waals surface area contributed by atoms with Crippen molar-refractivity contribution >= 4 is 28.0 Å². The van der Waals surface area contributed by atoms with Gasteiger partial charge in [-0.25, -0.2) is 4.98 Å². The molecule has 3 nitrogen and oxygen atoms in total. The lowest BCUT2D eigenvalue weighted by molar-refractivity contribution is 0.0968. The van der Waals surface area contributed by atoms with E-state index in [0.717, 1.165) is 39.2 Å². The lowest BCUT2D eigenvalue weighted by atomic mass is 10.0. The van der Waals surface area contributed by atoms with E-state index in [4.69, 9.17) is 0 Å². The molecule has 1 aliphatic carbocycles. The summed E-state index contributed by atoms with van der Waals surface area (Å²) in [7, 11) is 0. The molecule has 0 saturated carbocycles. The molecule has 98 valence electrons. The normalized spacial score (nSPS) is 14.5. The first-order valence-corrected chi connectivity index (χ1v) is 7.51. The fourth-order valence-corrected chi connectivity index (χ4v) is 3.81. The number of rotatable bonds is 1. The molecule has 20 heavy (non-hydrogen) atoms. The molecular formula is C16H12N2OS. The number of Topliss-reactive ketones (excluding diaryl/α,β-unsaturated/α-hetero) is 1. The number of ketones is 1. The number of hydrogen-bond acceptors (Lipinski definition) is 4. The molecule has 0 aliphatic heterocycles. The summed E-state index contributed by atoms with van der Waals surface area (Å²) in [5.41, 5.74) is 2.66. The van der Waals surface area contributed by atoms with Gasteiger partial charge in [-0.05, 0) is 25.0 Å². The third-order valence-electron chi connectivity index (χ3n) is 3.63. The van der Waals surface area contributed by atoms with Crippen LogP contribution < -0.4 is 0 Å². The van der Waals surface area contributed by atoms with Crippen molar-refractivity contribution in [3.8, 4) is 10.6 Å². The largest absolute Gasteiger partial charge is 0.292 e. The van der Waals surface area contributed by atoms with E-state index in [2.05, 4.69) is 9.97 Å². The van der Waals surface area contributed by atoms with Crippen LogP contribution >= 0.6 is 11.3 Å². The van der Waals surface area contributed by atoms with E-state index in [1.54, 1.807) is 17.5 Å². The van der Waals surface area contributed by atoms with E-state index in [1.807, 2.05) is 30.3 Å². The number of thiazole rings is 1. The molecule has 0 bridgehead atoms. The monoisotopic (exact) mass is 280 g/mol. The average molecular weight is 280 g/mol. The molecule has 1 aliphatic rings. The highest BCUT2D eigenvalue weighted by atomic mass is 32.1. The fourth-order valence-electron chi connectivity index (χ4n) is 2.66. The Bertz CT molecular complexity index is 817. The van der Waals surface area contributed by atoms with Crippen molar-refractivity contribution < 1.29 is 4.79 Å². The Morgan fingerprint density at radius 3 is 2.90 bits per heavy atom. The minimum atomic E-state index is 0.182. The standard InChI is InChI=1S/C16H12N2OS/c19-12-7-2-8-13-15(12)18-16(20-13)11-6-1-4-10-5-3-9-17-14(10)11/h1,3-6,9H,2,7-8H2. The lowest BCUT2D eigenvalue weighted by Crippen LogP contribution is -2.08. The van der Waals surface area contributed by atoms with E-state index in [0.29, 0.717) is 12.1 Å². The average Bonchev–Trinajstić information content (AvgIpc) is 2.92. The second-order valence-electron chi connectivity index (χ2n) is 4.95. The van der Waals surface area contributed by atoms with Crippen LogP contribution in [0.4, 0.5) is 0 Å². The molecule has 0 fully saturated rings. The fraction of sp³-hybridized carbons (Fsp3) is 0.188. The van der Waals surface area contributed by atoms with Crippen LogP contribution in [0, 0.1) is 0 Å². The minimum Gasteiger partial charge on any atom is -0.292 e. The number of carbonyl (C=O) groups excluding carboxylic acids is 1. The van der Waals surface area contributed by atoms with E-state index >= 15 is 0 Å². The first-order valence-electron chi connectivity index (χ1n) is 6.70. The van der Waals surface area contributed by atoms with E-state index < -0.39 is 0 Å². The Morgan fingerprint density at radius 2 is 2.00 bits per heavy atom. The van der Waals surface area contributed by atoms with Crippen molar-refractivity contribution in [2.24, 2.45) is 0 Å². The van der Waals surface area contributed by atoms with Gasteiger partial charge in [0.15, 0.2) is 5.78 Å². The Kier molecular flexibility index (Phi) is 2.63. The number of pyridine rings is 1. The molecule has 0 atom stereocenters. The van der Waals surface area contributed by atoms with Crippen molar-refractivity contribution in [1.82, 2.24) is 9.97 Å². The van der Waals surface area contributed by atoms with Gasteiger partial charge in [-0.3, -0.25) is 9.78 Å². The zero-order chi connectivity index (χ0) is 13.5. The van der Waals surface area contributed by atoms with Gasteiger partial charge < -0.3 is 0 Å². The summed E-state index contributed by atoms with van der Waals surface area (Å²) >= 11 is 1.64. The van der Waals surface area contributed by atoms with Gasteiger partial charge in [-0.15, -0.1) is 11.3 Å². The molecule has 2 aromatic heterocycles. The third-order valence-corrected chi connectivity index (χ3v) is 4.78. The maximum absolute atomic E-state index is 11.9. The van der Waals surface area contributed by atoms with Crippen molar-refractivity contribution in [2.45, 2.75) is 19.3 Å². The van der Waals surface area contributed by atoms with Crippen molar-refractivity contribution in [3.63, 3.8) is 0 Å². The predicted molar refractivity (Wildman–Crippen MR) is 80.1 cm³/mol. The highest BCUT2D eigenvalue weighted by molar-refractivity contribution is 7.15. The smallest absolute Gasteiger partial charge is 0.182 e. The zero-order valence-electron chi connectivity index (χ0n) is 10.8. The Labute approximate surface area is 120 Å². The van der Waals surface area contributed by atoms with Crippen molar-refractivity contribution in [2.75, 3.05) is 0 Å². The van der Waals surface area contributed by atoms with Crippen LogP contribution in [0.2, 0.25) is 0 Å². The van der Waals surface area contributed by atoms with Gasteiger partial charge in [0, 0.05) is 28.4 Å². The molecule has 0 spiro atoms. The van der Waals surface area contributed by atoms with Crippen molar-refractivity contribution in [3.05, 3.63) is 47.1 Å². The molecule has 4 rings (SSSR count). The predicted octanol–water partition coefficient (Wildman–Crippen LogP) is 3.88. The van der Waals surface area contributed by atoms with Crippen LogP contribution in [0.3, 0.4) is 0 Å². The van der Waals surface area contributed by atoms with E-state index in [-0.39, 0.29) is 5.78 Å². The van der Waals surface area contributed by atoms with Gasteiger partial charge in [0.2, 0.25) is 0 Å².